The Morgan fingerprint density at radius 2 is 2.04 bits per heavy atom. The van der Waals surface area contributed by atoms with Gasteiger partial charge in [-0.3, -0.25) is 4.79 Å². The van der Waals surface area contributed by atoms with Gasteiger partial charge in [-0.2, -0.15) is 9.49 Å². The molecule has 4 nitrogen and oxygen atoms in total. The molecule has 0 unspecified atom stereocenters. The number of nitrogens with one attached hydrogen (secondary N) is 1. The molecule has 0 bridgehead atoms. The van der Waals surface area contributed by atoms with Crippen LogP contribution in [0.1, 0.15) is 51.0 Å². The number of amides is 1. The number of carbonyl (C=O) groups is 1. The Labute approximate surface area is 135 Å². The maximum absolute atomic E-state index is 13.8. The van der Waals surface area contributed by atoms with Gasteiger partial charge in [-0.1, -0.05) is 50.8 Å². The van der Waals surface area contributed by atoms with Crippen LogP contribution in [-0.2, 0) is 4.79 Å². The first kappa shape index (κ1) is 17.1. The van der Waals surface area contributed by atoms with Crippen molar-refractivity contribution in [1.82, 2.24) is 10.4 Å². The second-order valence-electron chi connectivity index (χ2n) is 5.52. The number of halogens is 1. The summed E-state index contributed by atoms with van der Waals surface area (Å²) in [7, 11) is 0. The first-order valence-corrected chi connectivity index (χ1v) is 8.08. The van der Waals surface area contributed by atoms with E-state index in [0.717, 1.165) is 24.6 Å². The summed E-state index contributed by atoms with van der Waals surface area (Å²) in [5.74, 6) is -0.742. The van der Waals surface area contributed by atoms with Gasteiger partial charge in [0.2, 0.25) is 11.9 Å². The highest BCUT2D eigenvalue weighted by Gasteiger charge is 2.04. The minimum Gasteiger partial charge on any atom is -0.273 e. The van der Waals surface area contributed by atoms with Crippen LogP contribution in [-0.4, -0.2) is 17.1 Å². The zero-order valence-corrected chi connectivity index (χ0v) is 13.4. The lowest BCUT2D eigenvalue weighted by Crippen LogP contribution is -2.17. The van der Waals surface area contributed by atoms with Gasteiger partial charge in [-0.15, -0.1) is 0 Å². The molecule has 1 amide bonds. The predicted molar refractivity (Wildman–Crippen MR) is 90.8 cm³/mol. The standard InChI is InChI=1S/C18H22FN3O/c1-2-3-4-5-6-11-17(23)22-20-13-15-12-14-9-7-8-10-16(14)21-18(15)19/h7-10,12-13H,2-6,11H2,1H3,(H,22,23). The monoisotopic (exact) mass is 315 g/mol. The van der Waals surface area contributed by atoms with Gasteiger partial charge in [0.05, 0.1) is 17.3 Å². The van der Waals surface area contributed by atoms with Gasteiger partial charge in [0, 0.05) is 11.8 Å². The van der Waals surface area contributed by atoms with E-state index in [4.69, 9.17) is 0 Å². The van der Waals surface area contributed by atoms with Crippen molar-refractivity contribution in [2.75, 3.05) is 0 Å². The molecule has 0 fully saturated rings. The lowest BCUT2D eigenvalue weighted by Gasteiger charge is -2.02. The van der Waals surface area contributed by atoms with Gasteiger partial charge in [0.25, 0.3) is 0 Å². The third kappa shape index (κ3) is 5.43. The number of carbonyl (C=O) groups excluding carboxylic acids is 1. The van der Waals surface area contributed by atoms with Crippen LogP contribution in [0.25, 0.3) is 10.9 Å². The van der Waals surface area contributed by atoms with Gasteiger partial charge >= 0.3 is 0 Å². The quantitative estimate of drug-likeness (QED) is 0.344. The molecule has 122 valence electrons. The van der Waals surface area contributed by atoms with Crippen LogP contribution in [0.15, 0.2) is 35.4 Å². The maximum Gasteiger partial charge on any atom is 0.240 e. The van der Waals surface area contributed by atoms with Crippen molar-refractivity contribution in [2.24, 2.45) is 5.10 Å². The summed E-state index contributed by atoms with van der Waals surface area (Å²) in [4.78, 5) is 15.5. The molecule has 0 radical (unpaired) electrons. The molecule has 0 atom stereocenters. The first-order chi connectivity index (χ1) is 11.2. The smallest absolute Gasteiger partial charge is 0.240 e. The van der Waals surface area contributed by atoms with Crippen LogP contribution in [0.2, 0.25) is 0 Å². The lowest BCUT2D eigenvalue weighted by molar-refractivity contribution is -0.121. The van der Waals surface area contributed by atoms with Gasteiger partial charge in [-0.05, 0) is 18.6 Å². The summed E-state index contributed by atoms with van der Waals surface area (Å²) < 4.78 is 13.8. The molecule has 23 heavy (non-hydrogen) atoms. The second-order valence-corrected chi connectivity index (χ2v) is 5.52. The fourth-order valence-corrected chi connectivity index (χ4v) is 2.32. The summed E-state index contributed by atoms with van der Waals surface area (Å²) in [6.07, 6.45) is 7.18. The number of para-hydroxylation sites is 1. The fraction of sp³-hybridized carbons (Fsp3) is 0.389. The average molecular weight is 315 g/mol. The van der Waals surface area contributed by atoms with Crippen molar-refractivity contribution in [3.63, 3.8) is 0 Å². The Hall–Kier alpha value is -2.30. The largest absolute Gasteiger partial charge is 0.273 e. The minimum atomic E-state index is -0.596. The fourth-order valence-electron chi connectivity index (χ4n) is 2.32. The normalized spacial score (nSPS) is 11.2. The van der Waals surface area contributed by atoms with E-state index in [1.807, 2.05) is 18.2 Å². The number of hydrazone groups is 1. The number of hydrogen-bond donors (Lipinski definition) is 1. The number of rotatable bonds is 8. The van der Waals surface area contributed by atoms with Crippen molar-refractivity contribution in [3.8, 4) is 0 Å². The van der Waals surface area contributed by atoms with Crippen molar-refractivity contribution >= 4 is 23.0 Å². The molecule has 1 heterocycles. The van der Waals surface area contributed by atoms with Gasteiger partial charge in [0.1, 0.15) is 0 Å². The van der Waals surface area contributed by atoms with Gasteiger partial charge < -0.3 is 0 Å². The van der Waals surface area contributed by atoms with Crippen molar-refractivity contribution in [1.29, 1.82) is 0 Å². The molecule has 0 aliphatic heterocycles. The lowest BCUT2D eigenvalue weighted by atomic mass is 10.1. The topological polar surface area (TPSA) is 54.4 Å². The molecule has 0 saturated carbocycles. The Bertz CT molecular complexity index is 685. The van der Waals surface area contributed by atoms with E-state index in [9.17, 15) is 9.18 Å². The third-order valence-corrected chi connectivity index (χ3v) is 3.60. The van der Waals surface area contributed by atoms with Crippen LogP contribution in [0, 0.1) is 5.95 Å². The minimum absolute atomic E-state index is 0.146. The molecule has 0 saturated heterocycles. The van der Waals surface area contributed by atoms with E-state index in [-0.39, 0.29) is 11.5 Å². The molecule has 0 aliphatic rings. The molecule has 5 heteroatoms. The van der Waals surface area contributed by atoms with E-state index >= 15 is 0 Å². The molecular weight excluding hydrogens is 293 g/mol. The summed E-state index contributed by atoms with van der Waals surface area (Å²) in [6, 6.07) is 8.94. The Balaban J connectivity index is 1.85. The number of fused-ring (bicyclic) bond motifs is 1. The van der Waals surface area contributed by atoms with Crippen LogP contribution in [0.5, 0.6) is 0 Å². The summed E-state index contributed by atoms with van der Waals surface area (Å²) in [5, 5.41) is 4.65. The highest BCUT2D eigenvalue weighted by molar-refractivity contribution is 5.88. The Kier molecular flexibility index (Phi) is 6.66. The van der Waals surface area contributed by atoms with Crippen LogP contribution < -0.4 is 5.43 Å². The third-order valence-electron chi connectivity index (χ3n) is 3.60. The van der Waals surface area contributed by atoms with E-state index < -0.39 is 5.95 Å². The number of benzene rings is 1. The molecule has 2 rings (SSSR count). The zero-order valence-electron chi connectivity index (χ0n) is 13.4. The Morgan fingerprint density at radius 1 is 1.26 bits per heavy atom. The molecule has 0 spiro atoms. The summed E-state index contributed by atoms with van der Waals surface area (Å²) in [5.41, 5.74) is 3.29. The second kappa shape index (κ2) is 8.98. The maximum atomic E-state index is 13.8. The Morgan fingerprint density at radius 3 is 2.87 bits per heavy atom. The zero-order chi connectivity index (χ0) is 16.5. The van der Waals surface area contributed by atoms with Crippen molar-refractivity contribution < 1.29 is 9.18 Å². The van der Waals surface area contributed by atoms with Crippen LogP contribution in [0.4, 0.5) is 4.39 Å². The predicted octanol–water partition coefficient (Wildman–Crippen LogP) is 4.18. The number of unbranched alkanes of at least 4 members (excludes halogenated alkanes) is 4. The molecule has 1 aromatic carbocycles. The van der Waals surface area contributed by atoms with E-state index in [0.29, 0.717) is 11.9 Å². The number of nitrogens with zero attached hydrogens (tertiary/aromatic N) is 2. The number of pyridine rings is 1. The van der Waals surface area contributed by atoms with Crippen LogP contribution in [0.3, 0.4) is 0 Å². The SMILES string of the molecule is CCCCCCCC(=O)NN=Cc1cc2ccccc2nc1F. The molecule has 0 aliphatic carbocycles. The van der Waals surface area contributed by atoms with Crippen LogP contribution >= 0.6 is 0 Å². The number of aromatic nitrogens is 1. The van der Waals surface area contributed by atoms with E-state index in [1.54, 1.807) is 12.1 Å². The van der Waals surface area contributed by atoms with E-state index in [1.165, 1.54) is 19.1 Å². The molecular formula is C18H22FN3O. The van der Waals surface area contributed by atoms with Crippen molar-refractivity contribution in [2.45, 2.75) is 45.4 Å². The van der Waals surface area contributed by atoms with Crippen molar-refractivity contribution in [3.05, 3.63) is 41.8 Å². The molecule has 1 N–H and O–H groups in total. The van der Waals surface area contributed by atoms with Gasteiger partial charge in [0.15, 0.2) is 0 Å². The van der Waals surface area contributed by atoms with Gasteiger partial charge in [-0.25, -0.2) is 10.4 Å². The average Bonchev–Trinajstić information content (AvgIpc) is 2.55. The molecule has 1 aromatic heterocycles. The van der Waals surface area contributed by atoms with E-state index in [2.05, 4.69) is 22.4 Å². The first-order valence-electron chi connectivity index (χ1n) is 8.08. The highest BCUT2D eigenvalue weighted by atomic mass is 19.1. The number of hydrogen-bond acceptors (Lipinski definition) is 3. The highest BCUT2D eigenvalue weighted by Crippen LogP contribution is 2.14. The molecule has 2 aromatic rings. The summed E-state index contributed by atoms with van der Waals surface area (Å²) in [6.45, 7) is 2.15. The summed E-state index contributed by atoms with van der Waals surface area (Å²) >= 11 is 0.